The summed E-state index contributed by atoms with van der Waals surface area (Å²) in [6.07, 6.45) is 9.59. The Hall–Kier alpha value is -2.14. The lowest BCUT2D eigenvalue weighted by atomic mass is 9.75. The molecule has 0 bridgehead atoms. The first-order valence-corrected chi connectivity index (χ1v) is 10.4. The highest BCUT2D eigenvalue weighted by atomic mass is 35.5. The Morgan fingerprint density at radius 3 is 2.70 bits per heavy atom. The summed E-state index contributed by atoms with van der Waals surface area (Å²) in [7, 11) is 0. The maximum Gasteiger partial charge on any atom is 0.183 e. The molecule has 0 N–H and O–H groups in total. The molecular weight excluding hydrogens is 358 g/mol. The minimum atomic E-state index is 0.477. The molecule has 0 radical (unpaired) electrons. The van der Waals surface area contributed by atoms with Crippen molar-refractivity contribution in [1.82, 2.24) is 24.5 Å². The zero-order valence-corrected chi connectivity index (χ0v) is 16.4. The summed E-state index contributed by atoms with van der Waals surface area (Å²) in [4.78, 5) is 0. The summed E-state index contributed by atoms with van der Waals surface area (Å²) in [5.74, 6) is 3.17. The number of halogens is 1. The van der Waals surface area contributed by atoms with Crippen molar-refractivity contribution in [1.29, 1.82) is 0 Å². The number of benzene rings is 1. The molecule has 2 aromatic heterocycles. The Morgan fingerprint density at radius 1 is 1.11 bits per heavy atom. The number of hydrogen-bond donors (Lipinski definition) is 0. The first-order valence-electron chi connectivity index (χ1n) is 10.0. The molecule has 1 unspecified atom stereocenters. The number of rotatable bonds is 3. The van der Waals surface area contributed by atoms with Crippen molar-refractivity contribution in [2.75, 3.05) is 0 Å². The normalized spacial score (nSPS) is 19.7. The van der Waals surface area contributed by atoms with E-state index in [1.165, 1.54) is 37.7 Å². The standard InChI is InChI=1S/C21H24ClN5/c1-2-19-24-25-21-20-15(12-23-27(20)18-11-7-6-10-17(18)22)16(13-26(19)21)14-8-4-3-5-9-14/h6-7,10-12,14,16H,2-5,8-9,13H2,1H3. The van der Waals surface area contributed by atoms with E-state index < -0.39 is 0 Å². The Morgan fingerprint density at radius 2 is 1.93 bits per heavy atom. The summed E-state index contributed by atoms with van der Waals surface area (Å²) in [5.41, 5.74) is 3.28. The molecule has 3 heterocycles. The number of hydrogen-bond acceptors (Lipinski definition) is 3. The van der Waals surface area contributed by atoms with Crippen LogP contribution in [0.2, 0.25) is 5.02 Å². The first-order chi connectivity index (χ1) is 13.3. The van der Waals surface area contributed by atoms with Crippen LogP contribution < -0.4 is 0 Å². The van der Waals surface area contributed by atoms with Crippen LogP contribution in [-0.4, -0.2) is 24.5 Å². The average molecular weight is 382 g/mol. The van der Waals surface area contributed by atoms with Gasteiger partial charge in [0.05, 0.1) is 16.9 Å². The summed E-state index contributed by atoms with van der Waals surface area (Å²) >= 11 is 6.50. The molecule has 1 aliphatic heterocycles. The van der Waals surface area contributed by atoms with Gasteiger partial charge in [-0.05, 0) is 30.9 Å². The van der Waals surface area contributed by atoms with E-state index in [0.29, 0.717) is 16.9 Å². The topological polar surface area (TPSA) is 48.5 Å². The van der Waals surface area contributed by atoms with Crippen LogP contribution >= 0.6 is 11.6 Å². The smallest absolute Gasteiger partial charge is 0.183 e. The van der Waals surface area contributed by atoms with Crippen LogP contribution in [0.1, 0.15) is 56.3 Å². The molecule has 3 aromatic rings. The van der Waals surface area contributed by atoms with Gasteiger partial charge < -0.3 is 4.57 Å². The largest absolute Gasteiger partial charge is 0.309 e. The second-order valence-electron chi connectivity index (χ2n) is 7.72. The Bertz CT molecular complexity index is 967. The van der Waals surface area contributed by atoms with Crippen molar-refractivity contribution in [3.05, 3.63) is 46.9 Å². The van der Waals surface area contributed by atoms with Gasteiger partial charge >= 0.3 is 0 Å². The third-order valence-electron chi connectivity index (χ3n) is 6.23. The van der Waals surface area contributed by atoms with E-state index >= 15 is 0 Å². The van der Waals surface area contributed by atoms with E-state index in [2.05, 4.69) is 21.7 Å². The van der Waals surface area contributed by atoms with Crippen molar-refractivity contribution in [2.24, 2.45) is 5.92 Å². The quantitative estimate of drug-likeness (QED) is 0.639. The summed E-state index contributed by atoms with van der Waals surface area (Å²) in [6.45, 7) is 3.12. The fourth-order valence-corrected chi connectivity index (χ4v) is 5.08. The van der Waals surface area contributed by atoms with Crippen molar-refractivity contribution < 1.29 is 0 Å². The van der Waals surface area contributed by atoms with Crippen LogP contribution in [0.25, 0.3) is 17.2 Å². The minimum absolute atomic E-state index is 0.477. The van der Waals surface area contributed by atoms with Crippen molar-refractivity contribution in [2.45, 2.75) is 57.9 Å². The second-order valence-corrected chi connectivity index (χ2v) is 8.13. The molecule has 1 atom stereocenters. The van der Waals surface area contributed by atoms with Crippen molar-refractivity contribution in [3.8, 4) is 17.2 Å². The fraction of sp³-hybridized carbons (Fsp3) is 0.476. The van der Waals surface area contributed by atoms with Gasteiger partial charge in [-0.25, -0.2) is 4.68 Å². The molecule has 6 heteroatoms. The van der Waals surface area contributed by atoms with Crippen LogP contribution in [0, 0.1) is 5.92 Å². The van der Waals surface area contributed by atoms with Gasteiger partial charge in [-0.1, -0.05) is 49.9 Å². The zero-order valence-electron chi connectivity index (χ0n) is 15.6. The summed E-state index contributed by atoms with van der Waals surface area (Å²) < 4.78 is 4.28. The first kappa shape index (κ1) is 17.0. The number of aryl methyl sites for hydroxylation is 1. The van der Waals surface area contributed by atoms with Crippen LogP contribution in [0.3, 0.4) is 0 Å². The number of nitrogens with zero attached hydrogens (tertiary/aromatic N) is 5. The molecule has 1 aromatic carbocycles. The lowest BCUT2D eigenvalue weighted by Gasteiger charge is -2.34. The molecule has 0 amide bonds. The van der Waals surface area contributed by atoms with Crippen molar-refractivity contribution in [3.63, 3.8) is 0 Å². The maximum absolute atomic E-state index is 6.50. The second kappa shape index (κ2) is 6.79. The van der Waals surface area contributed by atoms with E-state index in [4.69, 9.17) is 16.7 Å². The molecule has 2 aliphatic rings. The van der Waals surface area contributed by atoms with E-state index in [1.807, 2.05) is 35.1 Å². The molecule has 1 aliphatic carbocycles. The molecule has 5 nitrogen and oxygen atoms in total. The third kappa shape index (κ3) is 2.71. The molecule has 0 spiro atoms. The molecular formula is C21H24ClN5. The average Bonchev–Trinajstić information content (AvgIpc) is 3.32. The highest BCUT2D eigenvalue weighted by Crippen LogP contribution is 2.45. The Balaban J connectivity index is 1.69. The maximum atomic E-state index is 6.50. The molecule has 0 saturated heterocycles. The Kier molecular flexibility index (Phi) is 4.27. The molecule has 1 fully saturated rings. The molecule has 27 heavy (non-hydrogen) atoms. The van der Waals surface area contributed by atoms with Crippen molar-refractivity contribution >= 4 is 11.6 Å². The van der Waals surface area contributed by atoms with Gasteiger partial charge in [-0.15, -0.1) is 10.2 Å². The number of aromatic nitrogens is 5. The SMILES string of the molecule is CCc1nnc2n1CC(C1CCCCC1)c1cnn(-c3ccccc3Cl)c1-2. The fourth-order valence-electron chi connectivity index (χ4n) is 4.86. The van der Waals surface area contributed by atoms with E-state index in [9.17, 15) is 0 Å². The van der Waals surface area contributed by atoms with Gasteiger partial charge in [0.25, 0.3) is 0 Å². The van der Waals surface area contributed by atoms with E-state index in [-0.39, 0.29) is 0 Å². The predicted octanol–water partition coefficient (Wildman–Crippen LogP) is 5.02. The number of fused-ring (bicyclic) bond motifs is 3. The van der Waals surface area contributed by atoms with Gasteiger partial charge in [0.1, 0.15) is 11.5 Å². The highest BCUT2D eigenvalue weighted by Gasteiger charge is 2.36. The summed E-state index contributed by atoms with van der Waals surface area (Å²) in [5, 5.41) is 14.5. The molecule has 1 saturated carbocycles. The van der Waals surface area contributed by atoms with Crippen LogP contribution in [-0.2, 0) is 13.0 Å². The predicted molar refractivity (Wildman–Crippen MR) is 106 cm³/mol. The van der Waals surface area contributed by atoms with Gasteiger partial charge in [0.15, 0.2) is 5.82 Å². The lowest BCUT2D eigenvalue weighted by Crippen LogP contribution is -2.26. The highest BCUT2D eigenvalue weighted by molar-refractivity contribution is 6.32. The van der Waals surface area contributed by atoms with Crippen LogP contribution in [0.5, 0.6) is 0 Å². The van der Waals surface area contributed by atoms with Crippen LogP contribution in [0.15, 0.2) is 30.5 Å². The van der Waals surface area contributed by atoms with Gasteiger partial charge in [0.2, 0.25) is 0 Å². The number of para-hydroxylation sites is 1. The van der Waals surface area contributed by atoms with Gasteiger partial charge in [-0.3, -0.25) is 0 Å². The zero-order chi connectivity index (χ0) is 18.4. The monoisotopic (exact) mass is 381 g/mol. The summed E-state index contributed by atoms with van der Waals surface area (Å²) in [6, 6.07) is 7.87. The van der Waals surface area contributed by atoms with Gasteiger partial charge in [0, 0.05) is 24.4 Å². The third-order valence-corrected chi connectivity index (χ3v) is 6.55. The molecule has 140 valence electrons. The Labute approximate surface area is 164 Å². The van der Waals surface area contributed by atoms with Gasteiger partial charge in [-0.2, -0.15) is 5.10 Å². The van der Waals surface area contributed by atoms with E-state index in [0.717, 1.165) is 36.0 Å². The minimum Gasteiger partial charge on any atom is -0.309 e. The lowest BCUT2D eigenvalue weighted by molar-refractivity contribution is 0.280. The molecule has 5 rings (SSSR count). The van der Waals surface area contributed by atoms with Crippen LogP contribution in [0.4, 0.5) is 0 Å². The van der Waals surface area contributed by atoms with E-state index in [1.54, 1.807) is 0 Å².